The molecule has 1 saturated carbocycles. The van der Waals surface area contributed by atoms with Gasteiger partial charge in [0.05, 0.1) is 33.0 Å². The van der Waals surface area contributed by atoms with Crippen LogP contribution in [-0.4, -0.2) is 61.8 Å². The molecule has 8 nitrogen and oxygen atoms in total. The van der Waals surface area contributed by atoms with Gasteiger partial charge in [-0.15, -0.1) is 0 Å². The van der Waals surface area contributed by atoms with Crippen LogP contribution in [0.3, 0.4) is 0 Å². The topological polar surface area (TPSA) is 90.1 Å². The van der Waals surface area contributed by atoms with Crippen molar-refractivity contribution < 1.29 is 28.5 Å². The molecule has 0 radical (unpaired) electrons. The quantitative estimate of drug-likeness (QED) is 0.237. The minimum atomic E-state index is -1.58. The summed E-state index contributed by atoms with van der Waals surface area (Å²) in [5, 5.41) is 1.19. The van der Waals surface area contributed by atoms with Gasteiger partial charge >= 0.3 is 11.9 Å². The van der Waals surface area contributed by atoms with Gasteiger partial charge in [-0.2, -0.15) is 0 Å². The molecule has 2 aromatic carbocycles. The predicted octanol–water partition coefficient (Wildman–Crippen LogP) is 4.98. The third-order valence-electron chi connectivity index (χ3n) is 9.46. The number of aromatic nitrogens is 1. The Morgan fingerprint density at radius 2 is 1.95 bits per heavy atom. The van der Waals surface area contributed by atoms with E-state index in [1.54, 1.807) is 7.11 Å². The Balaban J connectivity index is 1.40. The van der Waals surface area contributed by atoms with Gasteiger partial charge < -0.3 is 23.9 Å². The van der Waals surface area contributed by atoms with Crippen molar-refractivity contribution in [2.24, 2.45) is 17.3 Å². The molecular weight excluding hydrogens is 520 g/mol. The fourth-order valence-corrected chi connectivity index (χ4v) is 7.62. The van der Waals surface area contributed by atoms with Crippen LogP contribution in [0, 0.1) is 17.3 Å². The maximum absolute atomic E-state index is 14.1. The molecule has 2 aliphatic heterocycles. The smallest absolute Gasteiger partial charge is 0.326 e. The molecule has 5 unspecified atom stereocenters. The maximum atomic E-state index is 14.1. The number of benzene rings is 2. The molecule has 3 aromatic rings. The maximum Gasteiger partial charge on any atom is 0.326 e. The Hall–Kier alpha value is -3.62. The van der Waals surface area contributed by atoms with E-state index >= 15 is 0 Å². The zero-order valence-electron chi connectivity index (χ0n) is 23.8. The average molecular weight is 559 g/mol. The molecule has 3 aliphatic rings. The molecule has 1 saturated heterocycles. The fraction of sp³-hybridized carbons (Fsp3) is 0.455. The number of rotatable bonds is 8. The number of esters is 2. The first-order chi connectivity index (χ1) is 20.0. The second kappa shape index (κ2) is 11.3. The number of nitrogens with one attached hydrogen (secondary N) is 1. The van der Waals surface area contributed by atoms with Crippen molar-refractivity contribution in [3.05, 3.63) is 78.0 Å². The van der Waals surface area contributed by atoms with Crippen molar-refractivity contribution in [3.8, 4) is 5.75 Å². The highest BCUT2D eigenvalue weighted by Gasteiger charge is 2.66. The molecule has 5 atom stereocenters. The molecule has 0 spiro atoms. The number of hydrogen-bond donors (Lipinski definition) is 1. The van der Waals surface area contributed by atoms with Crippen LogP contribution in [0.1, 0.15) is 42.1 Å². The van der Waals surface area contributed by atoms with Crippen LogP contribution in [0.25, 0.3) is 10.9 Å². The monoisotopic (exact) mass is 558 g/mol. The number of H-pyrrole nitrogens is 1. The Morgan fingerprint density at radius 3 is 2.71 bits per heavy atom. The lowest BCUT2D eigenvalue weighted by molar-refractivity contribution is -0.207. The Kier molecular flexibility index (Phi) is 7.62. The van der Waals surface area contributed by atoms with Gasteiger partial charge in [0.1, 0.15) is 12.4 Å². The summed E-state index contributed by atoms with van der Waals surface area (Å²) in [7, 11) is 3.02. The van der Waals surface area contributed by atoms with E-state index in [9.17, 15) is 9.59 Å². The van der Waals surface area contributed by atoms with E-state index in [4.69, 9.17) is 18.9 Å². The molecule has 3 heterocycles. The first-order valence-electron chi connectivity index (χ1n) is 14.5. The molecule has 1 N–H and O–H groups in total. The van der Waals surface area contributed by atoms with Gasteiger partial charge in [0.15, 0.2) is 5.41 Å². The summed E-state index contributed by atoms with van der Waals surface area (Å²) in [6, 6.07) is 16.0. The summed E-state index contributed by atoms with van der Waals surface area (Å²) < 4.78 is 23.1. The van der Waals surface area contributed by atoms with E-state index in [1.807, 2.05) is 42.5 Å². The van der Waals surface area contributed by atoms with E-state index in [0.717, 1.165) is 48.5 Å². The number of carbonyl (C=O) groups is 2. The SMILES string of the molecule is C=CCOC(=O)C1(C(=O)OC)C(OCc2ccccc2)CCC2CN3CCc4c([nH]c5cc(OC)ccc45)C3CC21. The van der Waals surface area contributed by atoms with Crippen molar-refractivity contribution in [2.75, 3.05) is 33.9 Å². The molecule has 216 valence electrons. The zero-order valence-corrected chi connectivity index (χ0v) is 23.8. The molecule has 1 aliphatic carbocycles. The molecule has 0 bridgehead atoms. The summed E-state index contributed by atoms with van der Waals surface area (Å²) in [6.07, 6.45) is 3.85. The number of aromatic amines is 1. The summed E-state index contributed by atoms with van der Waals surface area (Å²) in [4.78, 5) is 34.2. The van der Waals surface area contributed by atoms with Crippen LogP contribution in [0.2, 0.25) is 0 Å². The highest BCUT2D eigenvalue weighted by molar-refractivity contribution is 6.01. The van der Waals surface area contributed by atoms with Crippen LogP contribution < -0.4 is 4.74 Å². The van der Waals surface area contributed by atoms with Crippen molar-refractivity contribution in [3.63, 3.8) is 0 Å². The Morgan fingerprint density at radius 1 is 1.12 bits per heavy atom. The van der Waals surface area contributed by atoms with Crippen molar-refractivity contribution in [1.29, 1.82) is 0 Å². The number of ether oxygens (including phenoxy) is 4. The van der Waals surface area contributed by atoms with Gasteiger partial charge in [-0.25, -0.2) is 0 Å². The van der Waals surface area contributed by atoms with Crippen LogP contribution in [-0.2, 0) is 36.8 Å². The minimum absolute atomic E-state index is 0.0178. The molecule has 8 heteroatoms. The number of fused-ring (bicyclic) bond motifs is 6. The van der Waals surface area contributed by atoms with Gasteiger partial charge in [0.25, 0.3) is 0 Å². The van der Waals surface area contributed by atoms with E-state index in [1.165, 1.54) is 24.1 Å². The number of piperidine rings is 1. The summed E-state index contributed by atoms with van der Waals surface area (Å²) >= 11 is 0. The standard InChI is InChI=1S/C33H38N2O6/c1-4-16-40-32(37)33(31(36)39-3)26-18-28-30-25(24-12-11-23(38-2)17-27(24)34-30)14-15-35(28)19-22(26)10-13-29(33)41-20-21-8-6-5-7-9-21/h4-9,11-12,17,22,26,28-29,34H,1,10,13-16,18-20H2,2-3H3. The third-order valence-corrected chi connectivity index (χ3v) is 9.46. The molecule has 1 aromatic heterocycles. The molecule has 6 rings (SSSR count). The second-order valence-electron chi connectivity index (χ2n) is 11.4. The van der Waals surface area contributed by atoms with Gasteiger partial charge in [-0.05, 0) is 60.8 Å². The van der Waals surface area contributed by atoms with Crippen LogP contribution in [0.4, 0.5) is 0 Å². The van der Waals surface area contributed by atoms with Crippen molar-refractivity contribution >= 4 is 22.8 Å². The van der Waals surface area contributed by atoms with Gasteiger partial charge in [0.2, 0.25) is 0 Å². The van der Waals surface area contributed by atoms with E-state index in [2.05, 4.69) is 22.5 Å². The van der Waals surface area contributed by atoms with Crippen molar-refractivity contribution in [1.82, 2.24) is 9.88 Å². The number of methoxy groups -OCH3 is 2. The summed E-state index contributed by atoms with van der Waals surface area (Å²) in [5.41, 5.74) is 2.90. The van der Waals surface area contributed by atoms with E-state index in [-0.39, 0.29) is 24.5 Å². The van der Waals surface area contributed by atoms with Gasteiger partial charge in [-0.3, -0.25) is 14.5 Å². The number of hydrogen-bond acceptors (Lipinski definition) is 7. The van der Waals surface area contributed by atoms with E-state index in [0.29, 0.717) is 19.4 Å². The molecular formula is C33H38N2O6. The van der Waals surface area contributed by atoms with Crippen LogP contribution >= 0.6 is 0 Å². The van der Waals surface area contributed by atoms with Crippen LogP contribution in [0.5, 0.6) is 5.75 Å². The van der Waals surface area contributed by atoms with Crippen molar-refractivity contribution in [2.45, 2.75) is 44.4 Å². The largest absolute Gasteiger partial charge is 0.497 e. The fourth-order valence-electron chi connectivity index (χ4n) is 7.62. The second-order valence-corrected chi connectivity index (χ2v) is 11.4. The zero-order chi connectivity index (χ0) is 28.6. The van der Waals surface area contributed by atoms with Gasteiger partial charge in [-0.1, -0.05) is 43.0 Å². The lowest BCUT2D eigenvalue weighted by Crippen LogP contribution is -2.64. The third kappa shape index (κ3) is 4.63. The Bertz CT molecular complexity index is 1430. The highest BCUT2D eigenvalue weighted by atomic mass is 16.6. The average Bonchev–Trinajstić information content (AvgIpc) is 3.39. The predicted molar refractivity (Wildman–Crippen MR) is 154 cm³/mol. The van der Waals surface area contributed by atoms with Gasteiger partial charge in [0, 0.05) is 35.8 Å². The molecule has 0 amide bonds. The van der Waals surface area contributed by atoms with E-state index < -0.39 is 23.5 Å². The molecule has 2 fully saturated rings. The molecule has 41 heavy (non-hydrogen) atoms. The first-order valence-corrected chi connectivity index (χ1v) is 14.5. The summed E-state index contributed by atoms with van der Waals surface area (Å²) in [5.74, 6) is -0.538. The van der Waals surface area contributed by atoms with Crippen LogP contribution in [0.15, 0.2) is 61.2 Å². The normalized spacial score (nSPS) is 27.3. The number of nitrogens with zero attached hydrogens (tertiary/aromatic N) is 1. The first kappa shape index (κ1) is 27.5. The Labute approximate surface area is 240 Å². The minimum Gasteiger partial charge on any atom is -0.497 e. The highest BCUT2D eigenvalue weighted by Crippen LogP contribution is 2.56. The lowest BCUT2D eigenvalue weighted by Gasteiger charge is -2.55. The summed E-state index contributed by atoms with van der Waals surface area (Å²) in [6.45, 7) is 5.75. The lowest BCUT2D eigenvalue weighted by atomic mass is 9.56. The number of carbonyl (C=O) groups excluding carboxylic acids is 2.